The SMILES string of the molecule is O=C(NCc1ccnc(Oc2ccc(F)cc2)c1)C(c1ccccc1)N1CCS(=O)(=O)CC1. The average molecular weight is 470 g/mol. The summed E-state index contributed by atoms with van der Waals surface area (Å²) in [6.45, 7) is 0.858. The largest absolute Gasteiger partial charge is 0.439 e. The molecule has 1 unspecified atom stereocenters. The van der Waals surface area contributed by atoms with Crippen LogP contribution in [0.15, 0.2) is 72.9 Å². The number of halogens is 1. The van der Waals surface area contributed by atoms with Gasteiger partial charge in [0.1, 0.15) is 17.6 Å². The molecular formula is C24H24FN3O4S. The molecule has 1 N–H and O–H groups in total. The Balaban J connectivity index is 1.44. The van der Waals surface area contributed by atoms with E-state index < -0.39 is 15.9 Å². The third-order valence-electron chi connectivity index (χ3n) is 5.41. The van der Waals surface area contributed by atoms with E-state index in [4.69, 9.17) is 4.74 Å². The minimum atomic E-state index is -3.06. The third kappa shape index (κ3) is 6.15. The molecule has 1 saturated heterocycles. The number of amides is 1. The Morgan fingerprint density at radius 3 is 2.45 bits per heavy atom. The molecule has 0 aliphatic carbocycles. The van der Waals surface area contributed by atoms with Crippen LogP contribution in [0.1, 0.15) is 17.2 Å². The highest BCUT2D eigenvalue weighted by Crippen LogP contribution is 2.24. The number of pyridine rings is 1. The van der Waals surface area contributed by atoms with Crippen molar-refractivity contribution in [1.82, 2.24) is 15.2 Å². The molecule has 1 aromatic heterocycles. The summed E-state index contributed by atoms with van der Waals surface area (Å²) in [5.41, 5.74) is 1.59. The van der Waals surface area contributed by atoms with Gasteiger partial charge in [-0.1, -0.05) is 30.3 Å². The van der Waals surface area contributed by atoms with Crippen LogP contribution >= 0.6 is 0 Å². The van der Waals surface area contributed by atoms with Gasteiger partial charge in [0.15, 0.2) is 9.84 Å². The highest BCUT2D eigenvalue weighted by atomic mass is 32.2. The van der Waals surface area contributed by atoms with Crippen LogP contribution in [-0.2, 0) is 21.2 Å². The van der Waals surface area contributed by atoms with E-state index in [1.54, 1.807) is 18.3 Å². The van der Waals surface area contributed by atoms with E-state index in [-0.39, 0.29) is 29.8 Å². The summed E-state index contributed by atoms with van der Waals surface area (Å²) in [6, 6.07) is 17.8. The summed E-state index contributed by atoms with van der Waals surface area (Å²) in [5, 5.41) is 2.95. The number of rotatable bonds is 7. The molecule has 172 valence electrons. The summed E-state index contributed by atoms with van der Waals surface area (Å²) in [6.07, 6.45) is 1.57. The number of hydrogen-bond donors (Lipinski definition) is 1. The Labute approximate surface area is 192 Å². The molecule has 9 heteroatoms. The summed E-state index contributed by atoms with van der Waals surface area (Å²) in [7, 11) is -3.06. The van der Waals surface area contributed by atoms with Crippen LogP contribution < -0.4 is 10.1 Å². The quantitative estimate of drug-likeness (QED) is 0.572. The molecule has 33 heavy (non-hydrogen) atoms. The van der Waals surface area contributed by atoms with Gasteiger partial charge in [-0.15, -0.1) is 0 Å². The second-order valence-corrected chi connectivity index (χ2v) is 10.1. The lowest BCUT2D eigenvalue weighted by molar-refractivity contribution is -0.126. The Hall–Kier alpha value is -3.30. The number of aromatic nitrogens is 1. The molecule has 1 aliphatic rings. The zero-order chi connectivity index (χ0) is 23.3. The first-order chi connectivity index (χ1) is 15.9. The molecule has 1 aliphatic heterocycles. The van der Waals surface area contributed by atoms with Crippen molar-refractivity contribution in [2.24, 2.45) is 0 Å². The molecule has 0 spiro atoms. The van der Waals surface area contributed by atoms with Crippen LogP contribution in [0.25, 0.3) is 0 Å². The van der Waals surface area contributed by atoms with Gasteiger partial charge in [0.2, 0.25) is 11.8 Å². The first kappa shape index (κ1) is 22.9. The Bertz CT molecular complexity index is 1190. The minimum absolute atomic E-state index is 0.0397. The molecule has 2 aromatic carbocycles. The zero-order valence-corrected chi connectivity index (χ0v) is 18.7. The fourth-order valence-corrected chi connectivity index (χ4v) is 4.90. The van der Waals surface area contributed by atoms with Gasteiger partial charge < -0.3 is 10.1 Å². The standard InChI is InChI=1S/C24H24FN3O4S/c25-20-6-8-21(9-7-20)32-22-16-18(10-11-26-22)17-27-24(29)23(19-4-2-1-3-5-19)28-12-14-33(30,31)15-13-28/h1-11,16,23H,12-15,17H2,(H,27,29). The van der Waals surface area contributed by atoms with Gasteiger partial charge in [0.05, 0.1) is 11.5 Å². The van der Waals surface area contributed by atoms with Gasteiger partial charge in [-0.25, -0.2) is 17.8 Å². The lowest BCUT2D eigenvalue weighted by Gasteiger charge is -2.33. The fraction of sp³-hybridized carbons (Fsp3) is 0.250. The molecule has 0 radical (unpaired) electrons. The summed E-state index contributed by atoms with van der Waals surface area (Å²) in [5.74, 6) is 0.295. The van der Waals surface area contributed by atoms with Crippen molar-refractivity contribution in [3.05, 3.63) is 89.9 Å². The maximum Gasteiger partial charge on any atom is 0.242 e. The first-order valence-corrected chi connectivity index (χ1v) is 12.4. The topological polar surface area (TPSA) is 88.6 Å². The lowest BCUT2D eigenvalue weighted by atomic mass is 10.0. The predicted octanol–water partition coefficient (Wildman–Crippen LogP) is 3.10. The Kier molecular flexibility index (Phi) is 7.00. The fourth-order valence-electron chi connectivity index (χ4n) is 3.67. The summed E-state index contributed by atoms with van der Waals surface area (Å²) in [4.78, 5) is 19.3. The molecule has 0 bridgehead atoms. The second kappa shape index (κ2) is 10.1. The number of carbonyl (C=O) groups excluding carboxylic acids is 1. The van der Waals surface area contributed by atoms with Gasteiger partial charge in [-0.3, -0.25) is 9.69 Å². The molecule has 1 amide bonds. The van der Waals surface area contributed by atoms with E-state index in [0.29, 0.717) is 24.7 Å². The van der Waals surface area contributed by atoms with Gasteiger partial charge in [-0.05, 0) is 41.5 Å². The molecular weight excluding hydrogens is 445 g/mol. The molecule has 3 aromatic rings. The second-order valence-electron chi connectivity index (χ2n) is 7.78. The molecule has 4 rings (SSSR count). The van der Waals surface area contributed by atoms with Crippen LogP contribution in [0.3, 0.4) is 0 Å². The zero-order valence-electron chi connectivity index (χ0n) is 17.9. The van der Waals surface area contributed by atoms with Crippen molar-refractivity contribution in [2.75, 3.05) is 24.6 Å². The highest BCUT2D eigenvalue weighted by Gasteiger charge is 2.32. The molecule has 7 nitrogen and oxygen atoms in total. The lowest BCUT2D eigenvalue weighted by Crippen LogP contribution is -2.47. The van der Waals surface area contributed by atoms with Gasteiger partial charge in [-0.2, -0.15) is 0 Å². The van der Waals surface area contributed by atoms with E-state index in [1.165, 1.54) is 24.3 Å². The van der Waals surface area contributed by atoms with E-state index in [1.807, 2.05) is 35.2 Å². The molecule has 1 fully saturated rings. The van der Waals surface area contributed by atoms with E-state index >= 15 is 0 Å². The van der Waals surface area contributed by atoms with Gasteiger partial charge >= 0.3 is 0 Å². The number of carbonyl (C=O) groups is 1. The number of benzene rings is 2. The molecule has 0 saturated carbocycles. The number of ether oxygens (including phenoxy) is 1. The average Bonchev–Trinajstić information content (AvgIpc) is 2.81. The minimum Gasteiger partial charge on any atom is -0.439 e. The Morgan fingerprint density at radius 1 is 1.06 bits per heavy atom. The van der Waals surface area contributed by atoms with Crippen molar-refractivity contribution >= 4 is 15.7 Å². The van der Waals surface area contributed by atoms with Crippen molar-refractivity contribution in [3.8, 4) is 11.6 Å². The maximum atomic E-state index is 13.2. The number of nitrogens with one attached hydrogen (secondary N) is 1. The van der Waals surface area contributed by atoms with Crippen LogP contribution in [0, 0.1) is 5.82 Å². The number of nitrogens with zero attached hydrogens (tertiary/aromatic N) is 2. The number of sulfone groups is 1. The predicted molar refractivity (Wildman–Crippen MR) is 122 cm³/mol. The van der Waals surface area contributed by atoms with E-state index in [9.17, 15) is 17.6 Å². The molecule has 2 heterocycles. The van der Waals surface area contributed by atoms with Crippen LogP contribution in [0.2, 0.25) is 0 Å². The van der Waals surface area contributed by atoms with E-state index in [2.05, 4.69) is 10.3 Å². The van der Waals surface area contributed by atoms with Crippen LogP contribution in [-0.4, -0.2) is 48.8 Å². The van der Waals surface area contributed by atoms with Crippen molar-refractivity contribution in [1.29, 1.82) is 0 Å². The highest BCUT2D eigenvalue weighted by molar-refractivity contribution is 7.91. The smallest absolute Gasteiger partial charge is 0.242 e. The van der Waals surface area contributed by atoms with Gasteiger partial charge in [0, 0.05) is 31.9 Å². The normalized spacial score (nSPS) is 16.6. The van der Waals surface area contributed by atoms with Gasteiger partial charge in [0.25, 0.3) is 0 Å². The van der Waals surface area contributed by atoms with Crippen LogP contribution in [0.4, 0.5) is 4.39 Å². The monoisotopic (exact) mass is 469 g/mol. The van der Waals surface area contributed by atoms with Crippen molar-refractivity contribution in [2.45, 2.75) is 12.6 Å². The van der Waals surface area contributed by atoms with E-state index in [0.717, 1.165) is 11.1 Å². The molecule has 1 atom stereocenters. The number of hydrogen-bond acceptors (Lipinski definition) is 6. The first-order valence-electron chi connectivity index (χ1n) is 10.6. The van der Waals surface area contributed by atoms with Crippen molar-refractivity contribution < 1.29 is 22.3 Å². The van der Waals surface area contributed by atoms with Crippen molar-refractivity contribution in [3.63, 3.8) is 0 Å². The summed E-state index contributed by atoms with van der Waals surface area (Å²) >= 11 is 0. The Morgan fingerprint density at radius 2 is 1.76 bits per heavy atom. The summed E-state index contributed by atoms with van der Waals surface area (Å²) < 4.78 is 42.4. The van der Waals surface area contributed by atoms with Crippen LogP contribution in [0.5, 0.6) is 11.6 Å². The third-order valence-corrected chi connectivity index (χ3v) is 7.02. The maximum absolute atomic E-state index is 13.2.